The van der Waals surface area contributed by atoms with Gasteiger partial charge in [0, 0.05) is 7.05 Å². The molecule has 1 amide bonds. The molecule has 0 fully saturated rings. The van der Waals surface area contributed by atoms with Crippen molar-refractivity contribution >= 4 is 16.9 Å². The van der Waals surface area contributed by atoms with Crippen LogP contribution in [0, 0.1) is 11.6 Å². The van der Waals surface area contributed by atoms with Crippen molar-refractivity contribution in [2.24, 2.45) is 7.05 Å². The Hall–Kier alpha value is -3.10. The van der Waals surface area contributed by atoms with Gasteiger partial charge in [-0.3, -0.25) is 18.8 Å². The highest BCUT2D eigenvalue weighted by molar-refractivity contribution is 5.77. The number of carbonyl (C=O) groups excluding carboxylic acids is 1. The lowest BCUT2D eigenvalue weighted by Crippen LogP contribution is -2.34. The molecule has 0 bridgehead atoms. The number of amides is 1. The summed E-state index contributed by atoms with van der Waals surface area (Å²) in [4.78, 5) is 28.6. The van der Waals surface area contributed by atoms with Crippen LogP contribution in [-0.2, 0) is 18.4 Å². The number of aryl methyl sites for hydroxylation is 1. The highest BCUT2D eigenvalue weighted by Gasteiger charge is 2.14. The van der Waals surface area contributed by atoms with E-state index < -0.39 is 23.6 Å². The molecule has 25 heavy (non-hydrogen) atoms. The van der Waals surface area contributed by atoms with Gasteiger partial charge in [0.1, 0.15) is 18.3 Å². The minimum atomic E-state index is -0.985. The molecule has 9 heteroatoms. The first-order valence-electron chi connectivity index (χ1n) is 7.48. The average Bonchev–Trinajstić information content (AvgIpc) is 2.94. The van der Waals surface area contributed by atoms with Gasteiger partial charge in [0.15, 0.2) is 17.3 Å². The molecule has 130 valence electrons. The molecule has 2 heterocycles. The van der Waals surface area contributed by atoms with Gasteiger partial charge in [-0.25, -0.2) is 13.8 Å². The van der Waals surface area contributed by atoms with Gasteiger partial charge in [0.25, 0.3) is 5.56 Å². The molecule has 0 aliphatic carbocycles. The van der Waals surface area contributed by atoms with Crippen LogP contribution in [0.3, 0.4) is 0 Å². The molecule has 3 rings (SSSR count). The van der Waals surface area contributed by atoms with Crippen molar-refractivity contribution in [3.8, 4) is 0 Å². The van der Waals surface area contributed by atoms with E-state index in [1.54, 1.807) is 14.0 Å². The van der Waals surface area contributed by atoms with E-state index in [9.17, 15) is 18.4 Å². The van der Waals surface area contributed by atoms with E-state index in [1.165, 1.54) is 23.3 Å². The van der Waals surface area contributed by atoms with E-state index in [-0.39, 0.29) is 12.1 Å². The predicted octanol–water partition coefficient (Wildman–Crippen LogP) is 1.29. The second kappa shape index (κ2) is 6.42. The van der Waals surface area contributed by atoms with Crippen LogP contribution >= 0.6 is 0 Å². The number of carbonyl (C=O) groups is 1. The molecule has 0 unspecified atom stereocenters. The van der Waals surface area contributed by atoms with Crippen LogP contribution in [0.2, 0.25) is 0 Å². The van der Waals surface area contributed by atoms with Gasteiger partial charge in [0.05, 0.1) is 12.2 Å². The zero-order chi connectivity index (χ0) is 18.1. The summed E-state index contributed by atoms with van der Waals surface area (Å²) < 4.78 is 28.9. The van der Waals surface area contributed by atoms with E-state index in [1.807, 2.05) is 0 Å². The fourth-order valence-corrected chi connectivity index (χ4v) is 2.49. The molecule has 0 saturated heterocycles. The Labute approximate surface area is 140 Å². The van der Waals surface area contributed by atoms with Crippen molar-refractivity contribution in [1.82, 2.24) is 24.6 Å². The summed E-state index contributed by atoms with van der Waals surface area (Å²) in [6.07, 6.45) is 2.66. The first kappa shape index (κ1) is 16.7. The summed E-state index contributed by atoms with van der Waals surface area (Å²) in [5, 5.41) is 6.90. The third-order valence-electron chi connectivity index (χ3n) is 3.85. The fourth-order valence-electron chi connectivity index (χ4n) is 2.49. The van der Waals surface area contributed by atoms with E-state index in [0.29, 0.717) is 16.6 Å². The Kier molecular flexibility index (Phi) is 4.30. The second-order valence-corrected chi connectivity index (χ2v) is 5.65. The lowest BCUT2D eigenvalue weighted by atomic mass is 10.1. The van der Waals surface area contributed by atoms with Crippen molar-refractivity contribution in [2.75, 3.05) is 0 Å². The summed E-state index contributed by atoms with van der Waals surface area (Å²) in [6, 6.07) is 2.86. The molecular formula is C16H15F2N5O2. The Morgan fingerprint density at radius 1 is 1.32 bits per heavy atom. The molecular weight excluding hydrogens is 332 g/mol. The standard InChI is InChI=1S/C16H15F2N5O2/c1-9(10-3-4-12(17)13(18)5-10)21-14(24)7-23-8-19-15-11(16(23)25)6-20-22(15)2/h3-6,8-9H,7H2,1-2H3,(H,21,24)/t9-/m0/s1. The summed E-state index contributed by atoms with van der Waals surface area (Å²) in [6.45, 7) is 1.39. The van der Waals surface area contributed by atoms with E-state index in [2.05, 4.69) is 15.4 Å². The summed E-state index contributed by atoms with van der Waals surface area (Å²) in [5.41, 5.74) is 0.464. The molecule has 2 aromatic heterocycles. The molecule has 3 aromatic rings. The highest BCUT2D eigenvalue weighted by Crippen LogP contribution is 2.15. The molecule has 7 nitrogen and oxygen atoms in total. The summed E-state index contributed by atoms with van der Waals surface area (Å²) >= 11 is 0. The quantitative estimate of drug-likeness (QED) is 0.771. The molecule has 0 aliphatic heterocycles. The van der Waals surface area contributed by atoms with E-state index >= 15 is 0 Å². The van der Waals surface area contributed by atoms with Gasteiger partial charge in [-0.1, -0.05) is 6.07 Å². The maximum atomic E-state index is 13.3. The predicted molar refractivity (Wildman–Crippen MR) is 85.7 cm³/mol. The minimum absolute atomic E-state index is 0.245. The van der Waals surface area contributed by atoms with Crippen LogP contribution in [0.4, 0.5) is 8.78 Å². The van der Waals surface area contributed by atoms with Crippen LogP contribution in [0.1, 0.15) is 18.5 Å². The van der Waals surface area contributed by atoms with Crippen molar-refractivity contribution in [3.63, 3.8) is 0 Å². The number of halogens is 2. The first-order valence-corrected chi connectivity index (χ1v) is 7.48. The van der Waals surface area contributed by atoms with Crippen LogP contribution in [-0.4, -0.2) is 25.2 Å². The number of nitrogens with one attached hydrogen (secondary N) is 1. The lowest BCUT2D eigenvalue weighted by molar-refractivity contribution is -0.122. The van der Waals surface area contributed by atoms with Crippen LogP contribution in [0.15, 0.2) is 35.5 Å². The Bertz CT molecular complexity index is 1010. The van der Waals surface area contributed by atoms with Crippen molar-refractivity contribution < 1.29 is 13.6 Å². The SMILES string of the molecule is C[C@H](NC(=O)Cn1cnc2c(cnn2C)c1=O)c1ccc(F)c(F)c1. The average molecular weight is 347 g/mol. The molecule has 1 atom stereocenters. The van der Waals surface area contributed by atoms with E-state index in [4.69, 9.17) is 0 Å². The highest BCUT2D eigenvalue weighted by atomic mass is 19.2. The van der Waals surface area contributed by atoms with Crippen molar-refractivity contribution in [1.29, 1.82) is 0 Å². The zero-order valence-corrected chi connectivity index (χ0v) is 13.5. The maximum Gasteiger partial charge on any atom is 0.264 e. The zero-order valence-electron chi connectivity index (χ0n) is 13.5. The molecule has 0 aliphatic rings. The summed E-state index contributed by atoms with van der Waals surface area (Å²) in [7, 11) is 1.66. The molecule has 0 saturated carbocycles. The normalized spacial score (nSPS) is 12.3. The Morgan fingerprint density at radius 3 is 2.80 bits per heavy atom. The van der Waals surface area contributed by atoms with Gasteiger partial charge >= 0.3 is 0 Å². The monoisotopic (exact) mass is 347 g/mol. The van der Waals surface area contributed by atoms with Crippen LogP contribution in [0.5, 0.6) is 0 Å². The van der Waals surface area contributed by atoms with Crippen molar-refractivity contribution in [2.45, 2.75) is 19.5 Å². The summed E-state index contributed by atoms with van der Waals surface area (Å²) in [5.74, 6) is -2.39. The Balaban J connectivity index is 1.75. The van der Waals surface area contributed by atoms with Gasteiger partial charge < -0.3 is 5.32 Å². The number of hydrogen-bond acceptors (Lipinski definition) is 4. The Morgan fingerprint density at radius 2 is 2.08 bits per heavy atom. The second-order valence-electron chi connectivity index (χ2n) is 5.65. The van der Waals surface area contributed by atoms with Gasteiger partial charge in [-0.15, -0.1) is 0 Å². The van der Waals surface area contributed by atoms with Gasteiger partial charge in [-0.05, 0) is 24.6 Å². The van der Waals surface area contributed by atoms with E-state index in [0.717, 1.165) is 16.7 Å². The minimum Gasteiger partial charge on any atom is -0.348 e. The van der Waals surface area contributed by atoms with Gasteiger partial charge in [-0.2, -0.15) is 5.10 Å². The number of fused-ring (bicyclic) bond motifs is 1. The number of benzene rings is 1. The lowest BCUT2D eigenvalue weighted by Gasteiger charge is -2.15. The van der Waals surface area contributed by atoms with Gasteiger partial charge in [0.2, 0.25) is 5.91 Å². The molecule has 0 spiro atoms. The third kappa shape index (κ3) is 3.25. The number of nitrogens with zero attached hydrogens (tertiary/aromatic N) is 4. The number of rotatable bonds is 4. The fraction of sp³-hybridized carbons (Fsp3) is 0.250. The number of aromatic nitrogens is 4. The maximum absolute atomic E-state index is 13.3. The van der Waals surface area contributed by atoms with Crippen LogP contribution < -0.4 is 10.9 Å². The van der Waals surface area contributed by atoms with Crippen LogP contribution in [0.25, 0.3) is 11.0 Å². The largest absolute Gasteiger partial charge is 0.348 e. The topological polar surface area (TPSA) is 81.8 Å². The smallest absolute Gasteiger partial charge is 0.264 e. The molecule has 1 N–H and O–H groups in total. The van der Waals surface area contributed by atoms with Crippen molar-refractivity contribution in [3.05, 3.63) is 58.3 Å². The number of hydrogen-bond donors (Lipinski definition) is 1. The third-order valence-corrected chi connectivity index (χ3v) is 3.85. The first-order chi connectivity index (χ1) is 11.9. The molecule has 1 aromatic carbocycles. The molecule has 0 radical (unpaired) electrons.